The molecule has 41 heavy (non-hydrogen) atoms. The van der Waals surface area contributed by atoms with Gasteiger partial charge in [0.25, 0.3) is 0 Å². The van der Waals surface area contributed by atoms with Crippen LogP contribution in [0.3, 0.4) is 0 Å². The van der Waals surface area contributed by atoms with E-state index in [9.17, 15) is 0 Å². The molecule has 2 aromatic carbocycles. The Balaban J connectivity index is 1.68. The van der Waals surface area contributed by atoms with Gasteiger partial charge in [0.1, 0.15) is 0 Å². The molecule has 0 aliphatic rings. The van der Waals surface area contributed by atoms with E-state index in [1.165, 1.54) is 11.1 Å². The number of nitrogens with zero attached hydrogens (tertiary/aromatic N) is 8. The highest BCUT2D eigenvalue weighted by molar-refractivity contribution is 6.09. The lowest BCUT2D eigenvalue weighted by molar-refractivity contribution is 0.590. The average Bonchev–Trinajstić information content (AvgIpc) is 3.26. The fraction of sp³-hybridized carbons (Fsp3) is 0.303. The van der Waals surface area contributed by atoms with Gasteiger partial charge in [0, 0.05) is 35.6 Å². The van der Waals surface area contributed by atoms with Crippen LogP contribution in [0.25, 0.3) is 51.1 Å². The minimum atomic E-state index is 0.00329. The van der Waals surface area contributed by atoms with Gasteiger partial charge in [-0.15, -0.1) is 0 Å². The summed E-state index contributed by atoms with van der Waals surface area (Å²) in [7, 11) is 0. The number of fused-ring (bicyclic) bond motifs is 3. The van der Waals surface area contributed by atoms with Crippen molar-refractivity contribution in [3.63, 3.8) is 0 Å². The van der Waals surface area contributed by atoms with Crippen molar-refractivity contribution >= 4 is 21.8 Å². The van der Waals surface area contributed by atoms with E-state index in [1.54, 1.807) is 24.8 Å². The molecule has 6 rings (SSSR count). The highest BCUT2D eigenvalue weighted by Crippen LogP contribution is 2.37. The topological polar surface area (TPSA) is 95.2 Å². The Morgan fingerprint density at radius 2 is 0.902 bits per heavy atom. The van der Waals surface area contributed by atoms with E-state index in [4.69, 9.17) is 15.0 Å². The van der Waals surface area contributed by atoms with Gasteiger partial charge in [0.15, 0.2) is 11.6 Å². The van der Waals surface area contributed by atoms with E-state index in [0.29, 0.717) is 29.2 Å². The van der Waals surface area contributed by atoms with Gasteiger partial charge in [-0.05, 0) is 71.2 Å². The number of aryl methyl sites for hydroxylation is 2. The third-order valence-corrected chi connectivity index (χ3v) is 7.28. The molecule has 0 amide bonds. The van der Waals surface area contributed by atoms with E-state index in [-0.39, 0.29) is 10.8 Å². The summed E-state index contributed by atoms with van der Waals surface area (Å²) in [4.78, 5) is 32.6. The maximum atomic E-state index is 4.92. The van der Waals surface area contributed by atoms with Crippen LogP contribution in [0.5, 0.6) is 0 Å². The van der Waals surface area contributed by atoms with Gasteiger partial charge in [-0.2, -0.15) is 9.97 Å². The van der Waals surface area contributed by atoms with Crippen molar-refractivity contribution in [3.05, 3.63) is 83.4 Å². The third kappa shape index (κ3) is 4.94. The summed E-state index contributed by atoms with van der Waals surface area (Å²) in [5.74, 6) is 2.02. The summed E-state index contributed by atoms with van der Waals surface area (Å²) in [5, 5.41) is 2.31. The second-order valence-corrected chi connectivity index (χ2v) is 12.7. The fourth-order valence-electron chi connectivity index (χ4n) is 4.85. The van der Waals surface area contributed by atoms with Crippen molar-refractivity contribution in [1.29, 1.82) is 0 Å². The summed E-state index contributed by atoms with van der Waals surface area (Å²) >= 11 is 0. The van der Waals surface area contributed by atoms with Gasteiger partial charge >= 0.3 is 0 Å². The summed E-state index contributed by atoms with van der Waals surface area (Å²) in [6.07, 6.45) is 7.04. The monoisotopic (exact) mass is 542 g/mol. The molecule has 0 saturated heterocycles. The lowest BCUT2D eigenvalue weighted by Crippen LogP contribution is -2.11. The van der Waals surface area contributed by atoms with E-state index >= 15 is 0 Å². The van der Waals surface area contributed by atoms with Crippen molar-refractivity contribution < 1.29 is 0 Å². The molecule has 206 valence electrons. The van der Waals surface area contributed by atoms with Crippen LogP contribution in [0.4, 0.5) is 0 Å². The van der Waals surface area contributed by atoms with Crippen molar-refractivity contribution in [1.82, 2.24) is 39.5 Å². The smallest absolute Gasteiger partial charge is 0.239 e. The number of hydrogen-bond donors (Lipinski definition) is 0. The summed E-state index contributed by atoms with van der Waals surface area (Å²) < 4.78 is 2.10. The van der Waals surface area contributed by atoms with Crippen molar-refractivity contribution in [2.24, 2.45) is 0 Å². The highest BCUT2D eigenvalue weighted by Gasteiger charge is 2.23. The molecule has 0 bridgehead atoms. The van der Waals surface area contributed by atoms with Crippen LogP contribution < -0.4 is 0 Å². The first-order chi connectivity index (χ1) is 19.4. The Hall–Kier alpha value is -4.59. The van der Waals surface area contributed by atoms with Crippen LogP contribution in [-0.2, 0) is 10.8 Å². The molecule has 0 aliphatic carbocycles. The van der Waals surface area contributed by atoms with Crippen LogP contribution in [-0.4, -0.2) is 39.5 Å². The molecule has 0 radical (unpaired) electrons. The van der Waals surface area contributed by atoms with Gasteiger partial charge in [-0.1, -0.05) is 53.7 Å². The van der Waals surface area contributed by atoms with Gasteiger partial charge in [0.05, 0.1) is 11.0 Å². The SMILES string of the molecule is Cc1cnc(-c2nc(-c3ncc(C)cn3)nc(-n3c4ccc(C(C)(C)C)cc4c4cc(C(C)(C)C)ccc43)n2)nc1. The number of hydrogen-bond acceptors (Lipinski definition) is 7. The Labute approximate surface area is 240 Å². The highest BCUT2D eigenvalue weighted by atomic mass is 15.2. The van der Waals surface area contributed by atoms with Gasteiger partial charge in [-0.3, -0.25) is 4.57 Å². The first-order valence-electron chi connectivity index (χ1n) is 13.8. The van der Waals surface area contributed by atoms with E-state index in [0.717, 1.165) is 32.9 Å². The number of benzene rings is 2. The molecule has 0 spiro atoms. The molecule has 4 aromatic heterocycles. The lowest BCUT2D eigenvalue weighted by Gasteiger charge is -2.19. The first kappa shape index (κ1) is 26.6. The van der Waals surface area contributed by atoms with E-state index in [1.807, 2.05) is 13.8 Å². The Kier molecular flexibility index (Phi) is 6.17. The molecule has 4 heterocycles. The Morgan fingerprint density at radius 1 is 0.512 bits per heavy atom. The molecule has 0 unspecified atom stereocenters. The van der Waals surface area contributed by atoms with Crippen LogP contribution in [0.15, 0.2) is 61.2 Å². The van der Waals surface area contributed by atoms with Crippen LogP contribution >= 0.6 is 0 Å². The molecular weight excluding hydrogens is 508 g/mol. The zero-order valence-electron chi connectivity index (χ0n) is 24.9. The van der Waals surface area contributed by atoms with Gasteiger partial charge in [0.2, 0.25) is 17.6 Å². The van der Waals surface area contributed by atoms with Crippen LogP contribution in [0.1, 0.15) is 63.8 Å². The van der Waals surface area contributed by atoms with Crippen molar-refractivity contribution in [3.8, 4) is 29.2 Å². The number of aromatic nitrogens is 8. The standard InChI is InChI=1S/C33H34N8/c1-19-15-34-27(35-16-19)29-38-30(28-36-17-20(2)18-37-28)40-31(39-29)41-25-11-9-21(32(3,4)5)13-23(25)24-14-22(33(6,7)8)10-12-26(24)41/h9-18H,1-8H3. The first-order valence-corrected chi connectivity index (χ1v) is 13.8. The minimum Gasteiger partial charge on any atom is -0.278 e. The molecule has 8 heteroatoms. The van der Waals surface area contributed by atoms with E-state index in [2.05, 4.69) is 102 Å². The summed E-state index contributed by atoms with van der Waals surface area (Å²) in [6, 6.07) is 13.3. The zero-order chi connectivity index (χ0) is 29.1. The average molecular weight is 543 g/mol. The summed E-state index contributed by atoms with van der Waals surface area (Å²) in [5.41, 5.74) is 6.47. The van der Waals surface area contributed by atoms with Crippen molar-refractivity contribution in [2.75, 3.05) is 0 Å². The van der Waals surface area contributed by atoms with E-state index < -0.39 is 0 Å². The van der Waals surface area contributed by atoms with Gasteiger partial charge < -0.3 is 0 Å². The molecule has 8 nitrogen and oxygen atoms in total. The second kappa shape index (κ2) is 9.51. The fourth-order valence-corrected chi connectivity index (χ4v) is 4.85. The lowest BCUT2D eigenvalue weighted by atomic mass is 9.85. The summed E-state index contributed by atoms with van der Waals surface area (Å²) in [6.45, 7) is 17.3. The molecule has 0 fully saturated rings. The molecule has 0 atom stereocenters. The zero-order valence-corrected chi connectivity index (χ0v) is 24.9. The normalized spacial score (nSPS) is 12.4. The maximum absolute atomic E-state index is 4.92. The maximum Gasteiger partial charge on any atom is 0.239 e. The second-order valence-electron chi connectivity index (χ2n) is 12.7. The molecule has 6 aromatic rings. The van der Waals surface area contributed by atoms with Gasteiger partial charge in [-0.25, -0.2) is 24.9 Å². The minimum absolute atomic E-state index is 0.00329. The predicted octanol–water partition coefficient (Wildman–Crippen LogP) is 7.09. The Morgan fingerprint density at radius 3 is 1.27 bits per heavy atom. The molecule has 0 N–H and O–H groups in total. The largest absolute Gasteiger partial charge is 0.278 e. The molecule has 0 saturated carbocycles. The van der Waals surface area contributed by atoms with Crippen LogP contribution in [0, 0.1) is 13.8 Å². The van der Waals surface area contributed by atoms with Crippen LogP contribution in [0.2, 0.25) is 0 Å². The third-order valence-electron chi connectivity index (χ3n) is 7.28. The predicted molar refractivity (Wildman–Crippen MR) is 163 cm³/mol. The number of rotatable bonds is 3. The molecular formula is C33H34N8. The Bertz CT molecular complexity index is 1770. The quantitative estimate of drug-likeness (QED) is 0.235. The molecule has 0 aliphatic heterocycles. The van der Waals surface area contributed by atoms with Crippen molar-refractivity contribution in [2.45, 2.75) is 66.2 Å².